The summed E-state index contributed by atoms with van der Waals surface area (Å²) in [6, 6.07) is 13.1. The van der Waals surface area contributed by atoms with Gasteiger partial charge in [0.15, 0.2) is 0 Å². The minimum Gasteiger partial charge on any atom is -0.421 e. The van der Waals surface area contributed by atoms with Crippen molar-refractivity contribution in [2.24, 2.45) is 0 Å². The summed E-state index contributed by atoms with van der Waals surface area (Å²) in [6.45, 7) is 1.98. The molecular weight excluding hydrogens is 351 g/mol. The predicted octanol–water partition coefficient (Wildman–Crippen LogP) is 2.58. The van der Waals surface area contributed by atoms with E-state index in [1.807, 2.05) is 31.2 Å². The summed E-state index contributed by atoms with van der Waals surface area (Å²) >= 11 is 0. The lowest BCUT2D eigenvalue weighted by Gasteiger charge is -2.07. The molecule has 3 rings (SSSR count). The molecule has 0 aliphatic heterocycles. The van der Waals surface area contributed by atoms with Gasteiger partial charge in [-0.05, 0) is 31.2 Å². The largest absolute Gasteiger partial charge is 0.421 e. The Kier molecular flexibility index (Phi) is 5.55. The molecular formula is C19H17FN4O3. The number of hydrogen-bond donors (Lipinski definition) is 2. The number of hydrazine groups is 1. The van der Waals surface area contributed by atoms with Crippen LogP contribution in [0.2, 0.25) is 0 Å². The molecule has 0 saturated heterocycles. The zero-order chi connectivity index (χ0) is 19.2. The summed E-state index contributed by atoms with van der Waals surface area (Å²) in [6.07, 6.45) is 0.230. The molecule has 1 aromatic heterocycles. The summed E-state index contributed by atoms with van der Waals surface area (Å²) < 4.78 is 19.0. The first-order chi connectivity index (χ1) is 13.0. The number of benzene rings is 2. The van der Waals surface area contributed by atoms with Crippen LogP contribution in [-0.2, 0) is 11.2 Å². The van der Waals surface area contributed by atoms with E-state index in [2.05, 4.69) is 21.0 Å². The van der Waals surface area contributed by atoms with Crippen LogP contribution < -0.4 is 10.9 Å². The predicted molar refractivity (Wildman–Crippen MR) is 94.8 cm³/mol. The van der Waals surface area contributed by atoms with E-state index in [1.165, 1.54) is 18.2 Å². The van der Waals surface area contributed by atoms with E-state index in [0.717, 1.165) is 17.2 Å². The highest BCUT2D eigenvalue weighted by atomic mass is 19.1. The van der Waals surface area contributed by atoms with Gasteiger partial charge in [-0.2, -0.15) is 0 Å². The van der Waals surface area contributed by atoms with Crippen molar-refractivity contribution in [3.8, 4) is 11.5 Å². The fraction of sp³-hybridized carbons (Fsp3) is 0.158. The maximum absolute atomic E-state index is 13.5. The van der Waals surface area contributed by atoms with E-state index in [0.29, 0.717) is 11.8 Å². The van der Waals surface area contributed by atoms with Gasteiger partial charge in [0, 0.05) is 18.4 Å². The van der Waals surface area contributed by atoms with Crippen LogP contribution in [0.1, 0.15) is 28.2 Å². The van der Waals surface area contributed by atoms with E-state index in [-0.39, 0.29) is 18.4 Å². The number of halogens is 1. The number of aryl methyl sites for hydroxylation is 2. The van der Waals surface area contributed by atoms with Gasteiger partial charge in [-0.3, -0.25) is 20.4 Å². The van der Waals surface area contributed by atoms with Gasteiger partial charge >= 0.3 is 0 Å². The summed E-state index contributed by atoms with van der Waals surface area (Å²) in [5.41, 5.74) is 6.15. The molecule has 138 valence electrons. The third-order valence-corrected chi connectivity index (χ3v) is 3.77. The van der Waals surface area contributed by atoms with Crippen LogP contribution in [0.25, 0.3) is 11.5 Å². The second-order valence-corrected chi connectivity index (χ2v) is 5.85. The van der Waals surface area contributed by atoms with Crippen molar-refractivity contribution >= 4 is 11.8 Å². The standard InChI is InChI=1S/C19H17FN4O3/c1-12-6-8-13(9-7-12)19-24-22-17(27-19)11-10-16(25)21-23-18(26)14-4-2-3-5-15(14)20/h2-9H,10-11H2,1H3,(H,21,25)(H,23,26). The Morgan fingerprint density at radius 2 is 1.78 bits per heavy atom. The zero-order valence-electron chi connectivity index (χ0n) is 14.5. The van der Waals surface area contributed by atoms with Gasteiger partial charge in [-0.15, -0.1) is 10.2 Å². The molecule has 2 aromatic carbocycles. The van der Waals surface area contributed by atoms with Crippen molar-refractivity contribution < 1.29 is 18.4 Å². The first-order valence-corrected chi connectivity index (χ1v) is 8.26. The van der Waals surface area contributed by atoms with Crippen molar-refractivity contribution in [3.05, 3.63) is 71.4 Å². The van der Waals surface area contributed by atoms with Crippen molar-refractivity contribution in [1.82, 2.24) is 21.0 Å². The molecule has 0 aliphatic rings. The van der Waals surface area contributed by atoms with Gasteiger partial charge < -0.3 is 4.42 Å². The Morgan fingerprint density at radius 1 is 1.04 bits per heavy atom. The summed E-state index contributed by atoms with van der Waals surface area (Å²) in [5.74, 6) is -1.19. The average Bonchev–Trinajstić information content (AvgIpc) is 3.14. The average molecular weight is 368 g/mol. The maximum Gasteiger partial charge on any atom is 0.272 e. The van der Waals surface area contributed by atoms with Crippen molar-refractivity contribution in [1.29, 1.82) is 0 Å². The van der Waals surface area contributed by atoms with Crippen LogP contribution in [0.15, 0.2) is 52.9 Å². The fourth-order valence-electron chi connectivity index (χ4n) is 2.29. The highest BCUT2D eigenvalue weighted by molar-refractivity contribution is 5.95. The van der Waals surface area contributed by atoms with Gasteiger partial charge in [0.25, 0.3) is 5.91 Å². The number of amides is 2. The molecule has 7 nitrogen and oxygen atoms in total. The van der Waals surface area contributed by atoms with Gasteiger partial charge in [0.2, 0.25) is 17.7 Å². The quantitative estimate of drug-likeness (QED) is 0.675. The molecule has 0 bridgehead atoms. The number of nitrogens with zero attached hydrogens (tertiary/aromatic N) is 2. The molecule has 0 saturated carbocycles. The van der Waals surface area contributed by atoms with Crippen LogP contribution in [-0.4, -0.2) is 22.0 Å². The van der Waals surface area contributed by atoms with Crippen LogP contribution >= 0.6 is 0 Å². The smallest absolute Gasteiger partial charge is 0.272 e. The van der Waals surface area contributed by atoms with E-state index < -0.39 is 17.6 Å². The lowest BCUT2D eigenvalue weighted by Crippen LogP contribution is -2.42. The fourth-order valence-corrected chi connectivity index (χ4v) is 2.29. The van der Waals surface area contributed by atoms with Crippen molar-refractivity contribution in [2.75, 3.05) is 0 Å². The van der Waals surface area contributed by atoms with Crippen LogP contribution in [0.3, 0.4) is 0 Å². The molecule has 1 heterocycles. The van der Waals surface area contributed by atoms with E-state index >= 15 is 0 Å². The van der Waals surface area contributed by atoms with E-state index in [4.69, 9.17) is 4.42 Å². The molecule has 0 unspecified atom stereocenters. The Hall–Kier alpha value is -3.55. The third kappa shape index (κ3) is 4.75. The zero-order valence-corrected chi connectivity index (χ0v) is 14.5. The van der Waals surface area contributed by atoms with Gasteiger partial charge in [0.1, 0.15) is 5.82 Å². The van der Waals surface area contributed by atoms with Crippen LogP contribution in [0.5, 0.6) is 0 Å². The number of aromatic nitrogens is 2. The highest BCUT2D eigenvalue weighted by Gasteiger charge is 2.13. The summed E-state index contributed by atoms with van der Waals surface area (Å²) in [4.78, 5) is 23.7. The number of rotatable bonds is 5. The Labute approximate surface area is 154 Å². The number of carbonyl (C=O) groups excluding carboxylic acids is 2. The number of nitrogens with one attached hydrogen (secondary N) is 2. The molecule has 3 aromatic rings. The number of hydrogen-bond acceptors (Lipinski definition) is 5. The van der Waals surface area contributed by atoms with Crippen LogP contribution in [0.4, 0.5) is 4.39 Å². The normalized spacial score (nSPS) is 10.4. The maximum atomic E-state index is 13.5. The highest BCUT2D eigenvalue weighted by Crippen LogP contribution is 2.18. The Balaban J connectivity index is 1.49. The molecule has 0 aliphatic carbocycles. The lowest BCUT2D eigenvalue weighted by atomic mass is 10.1. The first kappa shape index (κ1) is 18.2. The molecule has 2 N–H and O–H groups in total. The van der Waals surface area contributed by atoms with Gasteiger partial charge in [0.05, 0.1) is 5.56 Å². The second-order valence-electron chi connectivity index (χ2n) is 5.85. The molecule has 0 radical (unpaired) electrons. The van der Waals surface area contributed by atoms with Gasteiger partial charge in [-0.1, -0.05) is 29.8 Å². The Morgan fingerprint density at radius 3 is 2.52 bits per heavy atom. The summed E-state index contributed by atoms with van der Waals surface area (Å²) in [5, 5.41) is 7.87. The molecule has 8 heteroatoms. The molecule has 2 amide bonds. The minimum atomic E-state index is -0.735. The molecule has 27 heavy (non-hydrogen) atoms. The van der Waals surface area contributed by atoms with Crippen molar-refractivity contribution in [2.45, 2.75) is 19.8 Å². The molecule has 0 fully saturated rings. The topological polar surface area (TPSA) is 97.1 Å². The number of carbonyl (C=O) groups is 2. The minimum absolute atomic E-state index is 0.0209. The summed E-state index contributed by atoms with van der Waals surface area (Å²) in [7, 11) is 0. The molecule has 0 spiro atoms. The van der Waals surface area contributed by atoms with E-state index in [9.17, 15) is 14.0 Å². The van der Waals surface area contributed by atoms with Gasteiger partial charge in [-0.25, -0.2) is 4.39 Å². The Bertz CT molecular complexity index is 954. The SMILES string of the molecule is Cc1ccc(-c2nnc(CCC(=O)NNC(=O)c3ccccc3F)o2)cc1. The lowest BCUT2D eigenvalue weighted by molar-refractivity contribution is -0.121. The van der Waals surface area contributed by atoms with Crippen molar-refractivity contribution in [3.63, 3.8) is 0 Å². The second kappa shape index (κ2) is 8.22. The monoisotopic (exact) mass is 368 g/mol. The first-order valence-electron chi connectivity index (χ1n) is 8.26. The molecule has 0 atom stereocenters. The van der Waals surface area contributed by atoms with Crippen LogP contribution in [0, 0.1) is 12.7 Å². The van der Waals surface area contributed by atoms with E-state index in [1.54, 1.807) is 0 Å². The third-order valence-electron chi connectivity index (χ3n) is 3.77.